The molecule has 3 nitrogen and oxygen atoms in total. The number of nitrogens with one attached hydrogen (secondary N) is 1. The molecule has 1 aliphatic rings. The molecule has 1 N–H and O–H groups in total. The first-order valence-corrected chi connectivity index (χ1v) is 6.89. The average Bonchev–Trinajstić information content (AvgIpc) is 2.53. The molecule has 2 aromatic carbocycles. The molecule has 0 spiro atoms. The zero-order chi connectivity index (χ0) is 13.8. The lowest BCUT2D eigenvalue weighted by atomic mass is 10.0. The van der Waals surface area contributed by atoms with Crippen LogP contribution in [0, 0.1) is 0 Å². The number of fused-ring (bicyclic) bond motifs is 1. The number of rotatable bonds is 4. The summed E-state index contributed by atoms with van der Waals surface area (Å²) < 4.78 is 5.77. The van der Waals surface area contributed by atoms with E-state index in [-0.39, 0.29) is 11.9 Å². The van der Waals surface area contributed by atoms with Crippen LogP contribution in [0.15, 0.2) is 54.6 Å². The minimum Gasteiger partial charge on any atom is -0.479 e. The number of hydrogen-bond acceptors (Lipinski definition) is 3. The van der Waals surface area contributed by atoms with Crippen LogP contribution >= 0.6 is 0 Å². The van der Waals surface area contributed by atoms with E-state index in [0.717, 1.165) is 17.9 Å². The second kappa shape index (κ2) is 5.78. The molecule has 1 heterocycles. The van der Waals surface area contributed by atoms with Gasteiger partial charge < -0.3 is 10.1 Å². The number of benzene rings is 2. The molecular formula is C17H17NO2. The highest BCUT2D eigenvalue weighted by Crippen LogP contribution is 2.28. The van der Waals surface area contributed by atoms with Gasteiger partial charge in [0.2, 0.25) is 0 Å². The summed E-state index contributed by atoms with van der Waals surface area (Å²) in [4.78, 5) is 12.2. The van der Waals surface area contributed by atoms with Gasteiger partial charge >= 0.3 is 0 Å². The SMILES string of the molecule is O=C(CCc1ccccc1)C1CNc2ccccc2O1. The average molecular weight is 267 g/mol. The fraction of sp³-hybridized carbons (Fsp3) is 0.235. The van der Waals surface area contributed by atoms with E-state index >= 15 is 0 Å². The highest BCUT2D eigenvalue weighted by molar-refractivity contribution is 5.85. The summed E-state index contributed by atoms with van der Waals surface area (Å²) in [5.41, 5.74) is 2.14. The minimum atomic E-state index is -0.381. The Morgan fingerprint density at radius 3 is 2.70 bits per heavy atom. The lowest BCUT2D eigenvalue weighted by Gasteiger charge is -2.26. The van der Waals surface area contributed by atoms with Crippen molar-refractivity contribution in [2.24, 2.45) is 0 Å². The monoisotopic (exact) mass is 267 g/mol. The van der Waals surface area contributed by atoms with E-state index < -0.39 is 0 Å². The van der Waals surface area contributed by atoms with Gasteiger partial charge in [-0.15, -0.1) is 0 Å². The summed E-state index contributed by atoms with van der Waals surface area (Å²) in [6.45, 7) is 0.546. The van der Waals surface area contributed by atoms with E-state index in [9.17, 15) is 4.79 Å². The molecular weight excluding hydrogens is 250 g/mol. The van der Waals surface area contributed by atoms with Gasteiger partial charge in [-0.25, -0.2) is 0 Å². The summed E-state index contributed by atoms with van der Waals surface area (Å²) in [5.74, 6) is 0.910. The number of aryl methyl sites for hydroxylation is 1. The van der Waals surface area contributed by atoms with Gasteiger partial charge in [0.25, 0.3) is 0 Å². The number of hydrogen-bond donors (Lipinski definition) is 1. The van der Waals surface area contributed by atoms with Crippen LogP contribution in [0.4, 0.5) is 5.69 Å². The van der Waals surface area contributed by atoms with Crippen LogP contribution in [-0.4, -0.2) is 18.4 Å². The minimum absolute atomic E-state index is 0.149. The third-order valence-electron chi connectivity index (χ3n) is 3.50. The van der Waals surface area contributed by atoms with Crippen LogP contribution < -0.4 is 10.1 Å². The lowest BCUT2D eigenvalue weighted by Crippen LogP contribution is -2.37. The maximum Gasteiger partial charge on any atom is 0.175 e. The molecule has 0 saturated carbocycles. The van der Waals surface area contributed by atoms with Gasteiger partial charge in [-0.1, -0.05) is 42.5 Å². The van der Waals surface area contributed by atoms with Crippen LogP contribution in [0.25, 0.3) is 0 Å². The smallest absolute Gasteiger partial charge is 0.175 e. The van der Waals surface area contributed by atoms with Crippen molar-refractivity contribution < 1.29 is 9.53 Å². The molecule has 3 heteroatoms. The number of carbonyl (C=O) groups excluding carboxylic acids is 1. The van der Waals surface area contributed by atoms with Crippen molar-refractivity contribution in [1.82, 2.24) is 0 Å². The zero-order valence-electron chi connectivity index (χ0n) is 11.2. The molecule has 1 unspecified atom stereocenters. The second-order valence-electron chi connectivity index (χ2n) is 4.94. The van der Waals surface area contributed by atoms with Gasteiger partial charge in [0.05, 0.1) is 12.2 Å². The van der Waals surface area contributed by atoms with Gasteiger partial charge in [-0.2, -0.15) is 0 Å². The fourth-order valence-electron chi connectivity index (χ4n) is 2.37. The molecule has 1 atom stereocenters. The van der Waals surface area contributed by atoms with Gasteiger partial charge in [-0.3, -0.25) is 4.79 Å². The number of para-hydroxylation sites is 2. The number of ether oxygens (including phenoxy) is 1. The van der Waals surface area contributed by atoms with Crippen molar-refractivity contribution in [2.45, 2.75) is 18.9 Å². The Morgan fingerprint density at radius 2 is 1.85 bits per heavy atom. The number of anilines is 1. The van der Waals surface area contributed by atoms with Gasteiger partial charge in [0.15, 0.2) is 11.9 Å². The third-order valence-corrected chi connectivity index (χ3v) is 3.50. The number of carbonyl (C=O) groups is 1. The fourth-order valence-corrected chi connectivity index (χ4v) is 2.37. The van der Waals surface area contributed by atoms with Crippen LogP contribution in [-0.2, 0) is 11.2 Å². The van der Waals surface area contributed by atoms with Crippen molar-refractivity contribution in [3.05, 3.63) is 60.2 Å². The summed E-state index contributed by atoms with van der Waals surface area (Å²) in [6, 6.07) is 17.8. The highest BCUT2D eigenvalue weighted by Gasteiger charge is 2.24. The first kappa shape index (κ1) is 12.7. The molecule has 0 bridgehead atoms. The van der Waals surface area contributed by atoms with Gasteiger partial charge in [0.1, 0.15) is 5.75 Å². The van der Waals surface area contributed by atoms with Crippen molar-refractivity contribution in [1.29, 1.82) is 0 Å². The van der Waals surface area contributed by atoms with Crippen LogP contribution in [0.2, 0.25) is 0 Å². The Morgan fingerprint density at radius 1 is 1.10 bits per heavy atom. The highest BCUT2D eigenvalue weighted by atomic mass is 16.5. The van der Waals surface area contributed by atoms with E-state index in [1.165, 1.54) is 5.56 Å². The molecule has 20 heavy (non-hydrogen) atoms. The van der Waals surface area contributed by atoms with Crippen molar-refractivity contribution in [3.8, 4) is 5.75 Å². The Labute approximate surface area is 118 Å². The Bertz CT molecular complexity index is 595. The number of Topliss-reactive ketones (excluding diaryl/α,β-unsaturated/α-hetero) is 1. The van der Waals surface area contributed by atoms with E-state index in [1.807, 2.05) is 54.6 Å². The maximum atomic E-state index is 12.2. The largest absolute Gasteiger partial charge is 0.479 e. The molecule has 0 saturated heterocycles. The van der Waals surface area contributed by atoms with Crippen molar-refractivity contribution in [2.75, 3.05) is 11.9 Å². The molecule has 2 aromatic rings. The van der Waals surface area contributed by atoms with Crippen LogP contribution in [0.3, 0.4) is 0 Å². The first-order valence-electron chi connectivity index (χ1n) is 6.89. The van der Waals surface area contributed by atoms with Gasteiger partial charge in [0, 0.05) is 6.42 Å². The van der Waals surface area contributed by atoms with Crippen molar-refractivity contribution >= 4 is 11.5 Å². The zero-order valence-corrected chi connectivity index (χ0v) is 11.2. The summed E-state index contributed by atoms with van der Waals surface area (Å²) in [5, 5.41) is 3.25. The van der Waals surface area contributed by atoms with E-state index in [4.69, 9.17) is 4.74 Å². The van der Waals surface area contributed by atoms with Gasteiger partial charge in [-0.05, 0) is 24.1 Å². The maximum absolute atomic E-state index is 12.2. The van der Waals surface area contributed by atoms with Crippen LogP contribution in [0.1, 0.15) is 12.0 Å². The molecule has 0 aliphatic carbocycles. The molecule has 3 rings (SSSR count). The topological polar surface area (TPSA) is 38.3 Å². The lowest BCUT2D eigenvalue weighted by molar-refractivity contribution is -0.125. The summed E-state index contributed by atoms with van der Waals surface area (Å²) in [7, 11) is 0. The molecule has 102 valence electrons. The Balaban J connectivity index is 1.59. The third kappa shape index (κ3) is 2.82. The van der Waals surface area contributed by atoms with Crippen LogP contribution in [0.5, 0.6) is 5.75 Å². The standard InChI is InChI=1S/C17H17NO2/c19-15(11-10-13-6-2-1-3-7-13)17-12-18-14-8-4-5-9-16(14)20-17/h1-9,17-18H,10-12H2. The second-order valence-corrected chi connectivity index (χ2v) is 4.94. The quantitative estimate of drug-likeness (QED) is 0.925. The van der Waals surface area contributed by atoms with Crippen molar-refractivity contribution in [3.63, 3.8) is 0 Å². The normalized spacial score (nSPS) is 16.7. The molecule has 0 fully saturated rings. The molecule has 0 amide bonds. The number of ketones is 1. The van der Waals surface area contributed by atoms with E-state index in [2.05, 4.69) is 5.32 Å². The Kier molecular flexibility index (Phi) is 3.68. The molecule has 1 aliphatic heterocycles. The van der Waals surface area contributed by atoms with E-state index in [1.54, 1.807) is 0 Å². The van der Waals surface area contributed by atoms with E-state index in [0.29, 0.717) is 13.0 Å². The Hall–Kier alpha value is -2.29. The first-order chi connectivity index (χ1) is 9.83. The predicted molar refractivity (Wildman–Crippen MR) is 79.1 cm³/mol. The predicted octanol–water partition coefficient (Wildman–Crippen LogP) is 3.06. The molecule has 0 radical (unpaired) electrons. The summed E-state index contributed by atoms with van der Waals surface area (Å²) >= 11 is 0. The molecule has 0 aromatic heterocycles. The summed E-state index contributed by atoms with van der Waals surface area (Å²) in [6.07, 6.45) is 0.897.